The number of nitrogens with two attached hydrogens (primary N) is 1. The maximum atomic E-state index is 12.8. The van der Waals surface area contributed by atoms with Gasteiger partial charge in [-0.1, -0.05) is 12.2 Å². The number of carbonyl (C=O) groups excluding carboxylic acids is 1. The van der Waals surface area contributed by atoms with Crippen LogP contribution in [0.5, 0.6) is 0 Å². The summed E-state index contributed by atoms with van der Waals surface area (Å²) < 4.78 is 7.50. The summed E-state index contributed by atoms with van der Waals surface area (Å²) in [6, 6.07) is -0.319. The van der Waals surface area contributed by atoms with Gasteiger partial charge in [0.15, 0.2) is 0 Å². The standard InChI is InChI=1S/C14H20N4O3/c1-17-8-16-6-9(17)7-18(4-5-19)14(20)12-10-2-3-11(21-10)13(12)15/h2-3,6,8,10-13,19H,4-5,7,15H2,1H3/t10-,11+,12-,13+/m1/s1. The molecule has 0 unspecified atom stereocenters. The van der Waals surface area contributed by atoms with Gasteiger partial charge >= 0.3 is 0 Å². The summed E-state index contributed by atoms with van der Waals surface area (Å²) in [4.78, 5) is 18.4. The zero-order valence-corrected chi connectivity index (χ0v) is 11.9. The summed E-state index contributed by atoms with van der Waals surface area (Å²) in [6.45, 7) is 0.588. The Kier molecular flexibility index (Phi) is 3.79. The Morgan fingerprint density at radius 2 is 2.29 bits per heavy atom. The molecule has 3 N–H and O–H groups in total. The molecule has 1 saturated heterocycles. The second kappa shape index (κ2) is 5.59. The Bertz CT molecular complexity index is 556. The first-order chi connectivity index (χ1) is 10.1. The smallest absolute Gasteiger partial charge is 0.230 e. The molecule has 1 fully saturated rings. The topological polar surface area (TPSA) is 93.6 Å². The van der Waals surface area contributed by atoms with Gasteiger partial charge in [-0.15, -0.1) is 0 Å². The van der Waals surface area contributed by atoms with Gasteiger partial charge in [0, 0.05) is 25.8 Å². The van der Waals surface area contributed by atoms with Gasteiger partial charge in [0.05, 0.1) is 43.3 Å². The highest BCUT2D eigenvalue weighted by molar-refractivity contribution is 5.81. The number of ether oxygens (including phenoxy) is 1. The fourth-order valence-electron chi connectivity index (χ4n) is 2.97. The Labute approximate surface area is 123 Å². The Hall–Kier alpha value is -1.70. The number of fused-ring (bicyclic) bond motifs is 2. The van der Waals surface area contributed by atoms with E-state index in [9.17, 15) is 9.90 Å². The monoisotopic (exact) mass is 292 g/mol. The molecule has 21 heavy (non-hydrogen) atoms. The van der Waals surface area contributed by atoms with Crippen LogP contribution < -0.4 is 5.73 Å². The average Bonchev–Trinajstić information content (AvgIpc) is 3.15. The molecule has 3 heterocycles. The molecule has 0 spiro atoms. The van der Waals surface area contributed by atoms with Crippen molar-refractivity contribution in [1.82, 2.24) is 14.5 Å². The van der Waals surface area contributed by atoms with Crippen molar-refractivity contribution in [3.8, 4) is 0 Å². The van der Waals surface area contributed by atoms with Crippen LogP contribution in [0.4, 0.5) is 0 Å². The van der Waals surface area contributed by atoms with E-state index < -0.39 is 0 Å². The molecule has 2 aliphatic rings. The number of rotatable bonds is 5. The van der Waals surface area contributed by atoms with E-state index in [1.54, 1.807) is 17.4 Å². The van der Waals surface area contributed by atoms with Crippen molar-refractivity contribution in [1.29, 1.82) is 0 Å². The van der Waals surface area contributed by atoms with E-state index in [1.807, 2.05) is 23.8 Å². The minimum atomic E-state index is -0.375. The van der Waals surface area contributed by atoms with E-state index in [-0.39, 0.29) is 43.2 Å². The number of amides is 1. The third kappa shape index (κ3) is 2.48. The maximum Gasteiger partial charge on any atom is 0.230 e. The molecule has 7 heteroatoms. The van der Waals surface area contributed by atoms with Crippen LogP contribution in [0.1, 0.15) is 5.69 Å². The fourth-order valence-corrected chi connectivity index (χ4v) is 2.97. The average molecular weight is 292 g/mol. The number of nitrogens with zero attached hydrogens (tertiary/aromatic N) is 3. The molecule has 1 amide bonds. The molecular weight excluding hydrogens is 272 g/mol. The predicted octanol–water partition coefficient (Wildman–Crippen LogP) is -0.978. The summed E-state index contributed by atoms with van der Waals surface area (Å²) in [5.74, 6) is -0.450. The molecule has 2 aliphatic heterocycles. The highest BCUT2D eigenvalue weighted by Crippen LogP contribution is 2.34. The SMILES string of the molecule is Cn1cncc1CN(CCO)C(=O)[C@H]1[C@@H](N)[C@@H]2C=C[C@H]1O2. The van der Waals surface area contributed by atoms with Crippen LogP contribution >= 0.6 is 0 Å². The first-order valence-corrected chi connectivity index (χ1v) is 7.06. The van der Waals surface area contributed by atoms with E-state index >= 15 is 0 Å². The Balaban J connectivity index is 1.76. The van der Waals surface area contributed by atoms with E-state index in [0.29, 0.717) is 6.54 Å². The number of aliphatic hydroxyl groups excluding tert-OH is 1. The van der Waals surface area contributed by atoms with Crippen LogP contribution in [-0.2, 0) is 23.1 Å². The van der Waals surface area contributed by atoms with Crippen LogP contribution in [0.15, 0.2) is 24.7 Å². The molecule has 4 atom stereocenters. The molecular formula is C14H20N4O3. The van der Waals surface area contributed by atoms with Crippen molar-refractivity contribution in [3.05, 3.63) is 30.4 Å². The van der Waals surface area contributed by atoms with Crippen LogP contribution in [0.3, 0.4) is 0 Å². The quantitative estimate of drug-likeness (QED) is 0.681. The van der Waals surface area contributed by atoms with Crippen molar-refractivity contribution in [2.24, 2.45) is 18.7 Å². The van der Waals surface area contributed by atoms with Crippen LogP contribution in [-0.4, -0.2) is 56.9 Å². The highest BCUT2D eigenvalue weighted by Gasteiger charge is 2.48. The number of aromatic nitrogens is 2. The number of aryl methyl sites for hydroxylation is 1. The largest absolute Gasteiger partial charge is 0.395 e. The van der Waals surface area contributed by atoms with Gasteiger partial charge in [-0.05, 0) is 0 Å². The summed E-state index contributed by atoms with van der Waals surface area (Å²) in [5.41, 5.74) is 7.01. The highest BCUT2D eigenvalue weighted by atomic mass is 16.5. The van der Waals surface area contributed by atoms with Gasteiger partial charge in [0.1, 0.15) is 0 Å². The summed E-state index contributed by atoms with van der Waals surface area (Å²) in [7, 11) is 1.87. The number of hydrogen-bond donors (Lipinski definition) is 2. The lowest BCUT2D eigenvalue weighted by molar-refractivity contribution is -0.138. The molecule has 114 valence electrons. The molecule has 0 aromatic carbocycles. The Morgan fingerprint density at radius 1 is 1.52 bits per heavy atom. The molecule has 0 saturated carbocycles. The zero-order chi connectivity index (χ0) is 15.0. The number of carbonyl (C=O) groups is 1. The third-order valence-electron chi connectivity index (χ3n) is 4.19. The summed E-state index contributed by atoms with van der Waals surface area (Å²) >= 11 is 0. The second-order valence-corrected chi connectivity index (χ2v) is 5.53. The van der Waals surface area contributed by atoms with Gasteiger partial charge in [-0.3, -0.25) is 4.79 Å². The lowest BCUT2D eigenvalue weighted by atomic mass is 9.88. The first-order valence-electron chi connectivity index (χ1n) is 7.06. The molecule has 1 aromatic rings. The zero-order valence-electron chi connectivity index (χ0n) is 11.9. The molecule has 2 bridgehead atoms. The van der Waals surface area contributed by atoms with E-state index in [0.717, 1.165) is 5.69 Å². The molecule has 0 aliphatic carbocycles. The molecule has 0 radical (unpaired) electrons. The van der Waals surface area contributed by atoms with Crippen LogP contribution in [0.25, 0.3) is 0 Å². The van der Waals surface area contributed by atoms with Crippen LogP contribution in [0.2, 0.25) is 0 Å². The van der Waals surface area contributed by atoms with E-state index in [2.05, 4.69) is 4.98 Å². The number of hydrogen-bond acceptors (Lipinski definition) is 5. The van der Waals surface area contributed by atoms with Gasteiger partial charge in [0.2, 0.25) is 5.91 Å². The van der Waals surface area contributed by atoms with Crippen molar-refractivity contribution in [3.63, 3.8) is 0 Å². The minimum Gasteiger partial charge on any atom is -0.395 e. The number of imidazole rings is 1. The van der Waals surface area contributed by atoms with E-state index in [4.69, 9.17) is 10.5 Å². The van der Waals surface area contributed by atoms with Gasteiger partial charge in [-0.25, -0.2) is 4.98 Å². The molecule has 7 nitrogen and oxygen atoms in total. The summed E-state index contributed by atoms with van der Waals surface area (Å²) in [5, 5.41) is 9.23. The summed E-state index contributed by atoms with van der Waals surface area (Å²) in [6.07, 6.45) is 6.80. The molecule has 3 rings (SSSR count). The van der Waals surface area contributed by atoms with Crippen molar-refractivity contribution >= 4 is 5.91 Å². The van der Waals surface area contributed by atoms with Crippen molar-refractivity contribution in [2.75, 3.05) is 13.2 Å². The normalized spacial score (nSPS) is 30.0. The van der Waals surface area contributed by atoms with Gasteiger partial charge in [0.25, 0.3) is 0 Å². The second-order valence-electron chi connectivity index (χ2n) is 5.53. The van der Waals surface area contributed by atoms with Crippen molar-refractivity contribution < 1.29 is 14.6 Å². The van der Waals surface area contributed by atoms with Gasteiger partial charge in [-0.2, -0.15) is 0 Å². The minimum absolute atomic E-state index is 0.0744. The van der Waals surface area contributed by atoms with Crippen LogP contribution in [0, 0.1) is 5.92 Å². The first kappa shape index (κ1) is 14.2. The lowest BCUT2D eigenvalue weighted by Gasteiger charge is -2.29. The Morgan fingerprint density at radius 3 is 2.86 bits per heavy atom. The third-order valence-corrected chi connectivity index (χ3v) is 4.19. The van der Waals surface area contributed by atoms with E-state index in [1.165, 1.54) is 0 Å². The number of aliphatic hydroxyl groups is 1. The fraction of sp³-hybridized carbons (Fsp3) is 0.571. The van der Waals surface area contributed by atoms with Crippen molar-refractivity contribution in [2.45, 2.75) is 24.8 Å². The molecule has 1 aromatic heterocycles. The predicted molar refractivity (Wildman–Crippen MR) is 75.0 cm³/mol. The maximum absolute atomic E-state index is 12.8. The lowest BCUT2D eigenvalue weighted by Crippen LogP contribution is -2.48. The van der Waals surface area contributed by atoms with Gasteiger partial charge < -0.3 is 25.0 Å².